The van der Waals surface area contributed by atoms with E-state index >= 15 is 0 Å². The van der Waals surface area contributed by atoms with Crippen LogP contribution in [-0.2, 0) is 17.3 Å². The van der Waals surface area contributed by atoms with Crippen LogP contribution in [0.1, 0.15) is 5.56 Å². The highest BCUT2D eigenvalue weighted by Crippen LogP contribution is 2.21. The number of nitrogens with zero attached hydrogens (tertiary/aromatic N) is 2. The third kappa shape index (κ3) is 3.05. The Kier molecular flexibility index (Phi) is 3.93. The summed E-state index contributed by atoms with van der Waals surface area (Å²) in [5, 5.41) is 10.7. The van der Waals surface area contributed by atoms with Crippen LogP contribution in [0.2, 0.25) is 0 Å². The van der Waals surface area contributed by atoms with Gasteiger partial charge in [-0.05, 0) is 11.6 Å². The summed E-state index contributed by atoms with van der Waals surface area (Å²) in [7, 11) is -0.717. The zero-order valence-electron chi connectivity index (χ0n) is 9.87. The highest BCUT2D eigenvalue weighted by atomic mass is 32.2. The van der Waals surface area contributed by atoms with Crippen molar-refractivity contribution in [3.05, 3.63) is 33.9 Å². The molecule has 1 aliphatic rings. The van der Waals surface area contributed by atoms with Gasteiger partial charge >= 0.3 is 0 Å². The highest BCUT2D eigenvalue weighted by molar-refractivity contribution is 7.85. The Balaban J connectivity index is 2.10. The lowest BCUT2D eigenvalue weighted by molar-refractivity contribution is -0.384. The summed E-state index contributed by atoms with van der Waals surface area (Å²) >= 11 is 0. The average Bonchev–Trinajstić information content (AvgIpc) is 2.34. The molecule has 1 aromatic rings. The predicted octanol–water partition coefficient (Wildman–Crippen LogP) is 0.741. The molecule has 18 heavy (non-hydrogen) atoms. The van der Waals surface area contributed by atoms with Crippen LogP contribution in [0.3, 0.4) is 0 Å². The van der Waals surface area contributed by atoms with Gasteiger partial charge in [0.15, 0.2) is 0 Å². The molecular weight excluding hydrogens is 254 g/mol. The first-order chi connectivity index (χ1) is 8.56. The second-order valence-electron chi connectivity index (χ2n) is 4.26. The van der Waals surface area contributed by atoms with Crippen LogP contribution in [0.4, 0.5) is 11.4 Å². The molecule has 0 spiro atoms. The number of benzene rings is 1. The third-order valence-corrected chi connectivity index (χ3v) is 4.28. The lowest BCUT2D eigenvalue weighted by Gasteiger charge is -2.26. The maximum atomic E-state index is 11.2. The van der Waals surface area contributed by atoms with Crippen molar-refractivity contribution in [1.29, 1.82) is 0 Å². The first-order valence-corrected chi connectivity index (χ1v) is 7.15. The van der Waals surface area contributed by atoms with Gasteiger partial charge in [0, 0.05) is 59.8 Å². The van der Waals surface area contributed by atoms with Gasteiger partial charge in [-0.15, -0.1) is 0 Å². The second kappa shape index (κ2) is 5.45. The average molecular weight is 269 g/mol. The minimum absolute atomic E-state index is 0.0554. The van der Waals surface area contributed by atoms with Gasteiger partial charge < -0.3 is 5.73 Å². The van der Waals surface area contributed by atoms with E-state index in [4.69, 9.17) is 5.73 Å². The summed E-state index contributed by atoms with van der Waals surface area (Å²) in [6.45, 7) is 2.06. The van der Waals surface area contributed by atoms with Crippen LogP contribution in [0.15, 0.2) is 18.2 Å². The van der Waals surface area contributed by atoms with Crippen LogP contribution in [0.5, 0.6) is 0 Å². The topological polar surface area (TPSA) is 89.5 Å². The van der Waals surface area contributed by atoms with Crippen molar-refractivity contribution in [3.8, 4) is 0 Å². The number of nitro benzene ring substituents is 1. The number of anilines is 1. The molecule has 0 unspecified atom stereocenters. The zero-order chi connectivity index (χ0) is 13.1. The van der Waals surface area contributed by atoms with Gasteiger partial charge in [0.05, 0.1) is 4.92 Å². The molecule has 1 aliphatic heterocycles. The Labute approximate surface area is 107 Å². The van der Waals surface area contributed by atoms with Gasteiger partial charge in [0.25, 0.3) is 5.69 Å². The molecule has 1 heterocycles. The highest BCUT2D eigenvalue weighted by Gasteiger charge is 2.17. The van der Waals surface area contributed by atoms with E-state index in [1.54, 1.807) is 6.07 Å². The number of nitrogens with two attached hydrogens (primary N) is 1. The molecule has 2 N–H and O–H groups in total. The van der Waals surface area contributed by atoms with Gasteiger partial charge in [-0.1, -0.05) is 0 Å². The van der Waals surface area contributed by atoms with Gasteiger partial charge in [-0.3, -0.25) is 19.2 Å². The Morgan fingerprint density at radius 3 is 2.67 bits per heavy atom. The lowest BCUT2D eigenvalue weighted by Crippen LogP contribution is -2.37. The minimum atomic E-state index is -0.717. The number of hydrogen-bond donors (Lipinski definition) is 1. The fourth-order valence-electron chi connectivity index (χ4n) is 1.92. The van der Waals surface area contributed by atoms with Gasteiger partial charge in [-0.2, -0.15) is 0 Å². The molecule has 0 aromatic heterocycles. The van der Waals surface area contributed by atoms with Gasteiger partial charge in [-0.25, -0.2) is 0 Å². The standard InChI is InChI=1S/C11H15N3O3S/c12-11-2-1-10(14(15)16)7-9(11)8-13-3-5-18(17)6-4-13/h1-2,7H,3-6,8,12H2. The number of non-ortho nitro benzene ring substituents is 1. The number of nitrogen functional groups attached to an aromatic ring is 1. The monoisotopic (exact) mass is 269 g/mol. The maximum Gasteiger partial charge on any atom is 0.269 e. The van der Waals surface area contributed by atoms with E-state index in [0.29, 0.717) is 23.7 Å². The van der Waals surface area contributed by atoms with E-state index < -0.39 is 15.7 Å². The third-order valence-electron chi connectivity index (χ3n) is 3.00. The van der Waals surface area contributed by atoms with Crippen molar-refractivity contribution < 1.29 is 9.13 Å². The van der Waals surface area contributed by atoms with Crippen LogP contribution < -0.4 is 5.73 Å². The fraction of sp³-hybridized carbons (Fsp3) is 0.455. The van der Waals surface area contributed by atoms with Crippen molar-refractivity contribution >= 4 is 22.2 Å². The van der Waals surface area contributed by atoms with Crippen molar-refractivity contribution in [1.82, 2.24) is 4.90 Å². The molecular formula is C11H15N3O3S. The van der Waals surface area contributed by atoms with Crippen LogP contribution in [-0.4, -0.2) is 38.6 Å². The minimum Gasteiger partial charge on any atom is -0.398 e. The molecule has 1 saturated heterocycles. The Bertz CT molecular complexity index is 482. The normalized spacial score (nSPS) is 17.8. The maximum absolute atomic E-state index is 11.2. The summed E-state index contributed by atoms with van der Waals surface area (Å²) in [6, 6.07) is 4.49. The second-order valence-corrected chi connectivity index (χ2v) is 5.96. The van der Waals surface area contributed by atoms with E-state index in [-0.39, 0.29) is 5.69 Å². The molecule has 7 heteroatoms. The quantitative estimate of drug-likeness (QED) is 0.496. The molecule has 0 bridgehead atoms. The summed E-state index contributed by atoms with van der Waals surface area (Å²) in [5.74, 6) is 1.32. The van der Waals surface area contributed by atoms with Gasteiger partial charge in [0.2, 0.25) is 0 Å². The summed E-state index contributed by atoms with van der Waals surface area (Å²) in [5.41, 5.74) is 7.20. The Morgan fingerprint density at radius 2 is 2.06 bits per heavy atom. The van der Waals surface area contributed by atoms with Crippen LogP contribution in [0.25, 0.3) is 0 Å². The van der Waals surface area contributed by atoms with E-state index in [9.17, 15) is 14.3 Å². The molecule has 1 aromatic carbocycles. The predicted molar refractivity (Wildman–Crippen MR) is 70.7 cm³/mol. The first-order valence-electron chi connectivity index (χ1n) is 5.66. The molecule has 2 rings (SSSR count). The van der Waals surface area contributed by atoms with Crippen molar-refractivity contribution in [2.24, 2.45) is 0 Å². The van der Waals surface area contributed by atoms with E-state index in [1.165, 1.54) is 12.1 Å². The van der Waals surface area contributed by atoms with Crippen molar-refractivity contribution in [2.45, 2.75) is 6.54 Å². The SMILES string of the molecule is Nc1ccc([N+](=O)[O-])cc1CN1CCS(=O)CC1. The number of nitro groups is 1. The Morgan fingerprint density at radius 1 is 1.39 bits per heavy atom. The molecule has 0 saturated carbocycles. The molecule has 0 radical (unpaired) electrons. The van der Waals surface area contributed by atoms with Crippen molar-refractivity contribution in [2.75, 3.05) is 30.3 Å². The summed E-state index contributed by atoms with van der Waals surface area (Å²) in [6.07, 6.45) is 0. The van der Waals surface area contributed by atoms with Gasteiger partial charge in [0.1, 0.15) is 0 Å². The summed E-state index contributed by atoms with van der Waals surface area (Å²) in [4.78, 5) is 12.4. The van der Waals surface area contributed by atoms with Crippen LogP contribution >= 0.6 is 0 Å². The van der Waals surface area contributed by atoms with Crippen LogP contribution in [0, 0.1) is 10.1 Å². The largest absolute Gasteiger partial charge is 0.398 e. The molecule has 0 aliphatic carbocycles. The zero-order valence-corrected chi connectivity index (χ0v) is 10.7. The first kappa shape index (κ1) is 13.0. The number of hydrogen-bond acceptors (Lipinski definition) is 5. The fourth-order valence-corrected chi connectivity index (χ4v) is 3.05. The van der Waals surface area contributed by atoms with Crippen molar-refractivity contribution in [3.63, 3.8) is 0 Å². The van der Waals surface area contributed by atoms with E-state index in [2.05, 4.69) is 4.90 Å². The molecule has 98 valence electrons. The molecule has 6 nitrogen and oxygen atoms in total. The lowest BCUT2D eigenvalue weighted by atomic mass is 10.1. The smallest absolute Gasteiger partial charge is 0.269 e. The van der Waals surface area contributed by atoms with E-state index in [0.717, 1.165) is 18.7 Å². The number of rotatable bonds is 3. The molecule has 0 atom stereocenters. The molecule has 1 fully saturated rings. The Hall–Kier alpha value is -1.47. The van der Waals surface area contributed by atoms with E-state index in [1.807, 2.05) is 0 Å². The molecule has 0 amide bonds. The summed E-state index contributed by atoms with van der Waals surface area (Å²) < 4.78 is 11.2.